The Balaban J connectivity index is 1.37. The molecule has 5 nitrogen and oxygen atoms in total. The Morgan fingerprint density at radius 1 is 1.03 bits per heavy atom. The number of hydrogen-bond acceptors (Lipinski definition) is 4. The van der Waals surface area contributed by atoms with Gasteiger partial charge in [0.25, 0.3) is 0 Å². The van der Waals surface area contributed by atoms with Crippen molar-refractivity contribution in [2.75, 3.05) is 20.2 Å². The summed E-state index contributed by atoms with van der Waals surface area (Å²) in [5.74, 6) is 0.846. The zero-order chi connectivity index (χ0) is 21.7. The first kappa shape index (κ1) is 21.7. The van der Waals surface area contributed by atoms with Crippen molar-refractivity contribution in [1.82, 2.24) is 9.62 Å². The molecule has 4 rings (SSSR count). The van der Waals surface area contributed by atoms with Crippen LogP contribution in [0.15, 0.2) is 83.8 Å². The summed E-state index contributed by atoms with van der Waals surface area (Å²) in [5.41, 5.74) is 3.49. The Bertz CT molecular complexity index is 1040. The fraction of sp³-hybridized carbons (Fsp3) is 0.280. The molecule has 3 aromatic carbocycles. The molecule has 1 aliphatic heterocycles. The van der Waals surface area contributed by atoms with Crippen LogP contribution in [0.25, 0.3) is 11.1 Å². The molecule has 0 aromatic heterocycles. The minimum absolute atomic E-state index is 0.0741. The van der Waals surface area contributed by atoms with E-state index in [9.17, 15) is 8.76 Å². The summed E-state index contributed by atoms with van der Waals surface area (Å²) in [6.07, 6.45) is 1.83. The van der Waals surface area contributed by atoms with Crippen molar-refractivity contribution in [1.29, 1.82) is 0 Å². The molecule has 0 aliphatic carbocycles. The molecule has 1 heterocycles. The predicted octanol–water partition coefficient (Wildman–Crippen LogP) is 4.52. The van der Waals surface area contributed by atoms with E-state index in [4.69, 9.17) is 4.74 Å². The van der Waals surface area contributed by atoms with Crippen LogP contribution >= 0.6 is 0 Å². The van der Waals surface area contributed by atoms with Gasteiger partial charge in [-0.1, -0.05) is 58.8 Å². The van der Waals surface area contributed by atoms with Gasteiger partial charge >= 0.3 is 0 Å². The predicted molar refractivity (Wildman–Crippen MR) is 123 cm³/mol. The van der Waals surface area contributed by atoms with Crippen LogP contribution in [0.3, 0.4) is 0 Å². The van der Waals surface area contributed by atoms with Gasteiger partial charge in [-0.3, -0.25) is 4.90 Å². The number of sulfonamides is 1. The van der Waals surface area contributed by atoms with Crippen LogP contribution in [0.4, 0.5) is 0 Å². The van der Waals surface area contributed by atoms with Crippen LogP contribution in [0.1, 0.15) is 18.4 Å². The number of hydrogen-bond donors (Lipinski definition) is 1. The van der Waals surface area contributed by atoms with Crippen LogP contribution in [0.5, 0.6) is 5.75 Å². The molecule has 162 valence electrons. The third kappa shape index (κ3) is 5.60. The van der Waals surface area contributed by atoms with Crippen molar-refractivity contribution < 1.29 is 13.5 Å². The molecule has 0 spiro atoms. The second kappa shape index (κ2) is 9.75. The number of nitrogens with zero attached hydrogens (tertiary/aromatic N) is 1. The monoisotopic (exact) mass is 436 g/mol. The van der Waals surface area contributed by atoms with Gasteiger partial charge in [0.2, 0.25) is 0 Å². The van der Waals surface area contributed by atoms with Crippen molar-refractivity contribution >= 4 is 10.4 Å². The Morgan fingerprint density at radius 2 is 1.81 bits per heavy atom. The summed E-state index contributed by atoms with van der Waals surface area (Å²) in [4.78, 5) is 2.64. The lowest BCUT2D eigenvalue weighted by molar-refractivity contribution is 0.193. The quantitative estimate of drug-likeness (QED) is 0.553. The van der Waals surface area contributed by atoms with Gasteiger partial charge in [-0.15, -0.1) is 4.72 Å². The van der Waals surface area contributed by atoms with Crippen LogP contribution in [-0.4, -0.2) is 35.7 Å². The highest BCUT2D eigenvalue weighted by Crippen LogP contribution is 2.25. The number of rotatable bonds is 7. The van der Waals surface area contributed by atoms with Gasteiger partial charge in [0.1, 0.15) is 5.75 Å². The summed E-state index contributed by atoms with van der Waals surface area (Å²) < 4.78 is 33.5. The largest absolute Gasteiger partial charge is 0.593 e. The van der Waals surface area contributed by atoms with Crippen molar-refractivity contribution in [3.05, 3.63) is 84.4 Å². The summed E-state index contributed by atoms with van der Waals surface area (Å²) >= 11 is 0. The van der Waals surface area contributed by atoms with Crippen LogP contribution < -0.4 is 9.46 Å². The third-order valence-corrected chi connectivity index (χ3v) is 7.18. The van der Waals surface area contributed by atoms with Crippen molar-refractivity contribution in [2.45, 2.75) is 30.3 Å². The van der Waals surface area contributed by atoms with E-state index < -0.39 is 10.4 Å². The molecule has 0 amide bonds. The lowest BCUT2D eigenvalue weighted by atomic mass is 10.0. The number of nitrogens with one attached hydrogen (secondary N) is 1. The maximum atomic E-state index is 12.6. The number of piperidine rings is 1. The first-order valence-electron chi connectivity index (χ1n) is 10.6. The van der Waals surface area contributed by atoms with E-state index in [1.807, 2.05) is 24.3 Å². The Hall–Kier alpha value is -2.51. The fourth-order valence-corrected chi connectivity index (χ4v) is 5.33. The van der Waals surface area contributed by atoms with Gasteiger partial charge in [-0.2, -0.15) is 0 Å². The smallest absolute Gasteiger partial charge is 0.175 e. The lowest BCUT2D eigenvalue weighted by Gasteiger charge is -2.33. The minimum atomic E-state index is -3.49. The van der Waals surface area contributed by atoms with E-state index in [-0.39, 0.29) is 6.04 Å². The highest BCUT2D eigenvalue weighted by Gasteiger charge is 2.28. The van der Waals surface area contributed by atoms with E-state index >= 15 is 0 Å². The molecule has 3 aromatic rings. The Labute approximate surface area is 185 Å². The summed E-state index contributed by atoms with van der Waals surface area (Å²) in [6.45, 7) is 2.49. The molecule has 31 heavy (non-hydrogen) atoms. The second-order valence-corrected chi connectivity index (χ2v) is 9.65. The fourth-order valence-electron chi connectivity index (χ4n) is 4.05. The molecule has 1 aliphatic rings. The molecule has 2 unspecified atom stereocenters. The van der Waals surface area contributed by atoms with Gasteiger partial charge in [0.05, 0.1) is 13.2 Å². The van der Waals surface area contributed by atoms with Crippen LogP contribution in [0.2, 0.25) is 0 Å². The maximum Gasteiger partial charge on any atom is 0.175 e. The van der Waals surface area contributed by atoms with Crippen molar-refractivity contribution in [2.24, 2.45) is 0 Å². The molecule has 0 saturated carbocycles. The topological polar surface area (TPSA) is 64.6 Å². The Kier molecular flexibility index (Phi) is 6.83. The normalized spacial score (nSPS) is 19.0. The molecule has 1 fully saturated rings. The first-order chi connectivity index (χ1) is 15.0. The van der Waals surface area contributed by atoms with Gasteiger partial charge in [-0.05, 0) is 60.3 Å². The second-order valence-electron chi connectivity index (χ2n) is 7.94. The van der Waals surface area contributed by atoms with Gasteiger partial charge in [0, 0.05) is 13.1 Å². The summed E-state index contributed by atoms with van der Waals surface area (Å²) in [6, 6.07) is 25.1. The van der Waals surface area contributed by atoms with Crippen LogP contribution in [-0.2, 0) is 21.2 Å². The van der Waals surface area contributed by atoms with Gasteiger partial charge in [-0.25, -0.2) is 0 Å². The number of methoxy groups -OCH3 is 1. The maximum absolute atomic E-state index is 12.6. The van der Waals surface area contributed by atoms with Crippen molar-refractivity contribution in [3.8, 4) is 16.9 Å². The molecule has 1 saturated heterocycles. The average Bonchev–Trinajstić information content (AvgIpc) is 2.80. The average molecular weight is 437 g/mol. The van der Waals surface area contributed by atoms with Gasteiger partial charge in [0.15, 0.2) is 15.3 Å². The van der Waals surface area contributed by atoms with E-state index in [0.717, 1.165) is 42.8 Å². The third-order valence-electron chi connectivity index (χ3n) is 5.64. The summed E-state index contributed by atoms with van der Waals surface area (Å²) in [5, 5.41) is 0. The zero-order valence-electron chi connectivity index (χ0n) is 17.7. The highest BCUT2D eigenvalue weighted by atomic mass is 32.3. The lowest BCUT2D eigenvalue weighted by Crippen LogP contribution is -2.49. The van der Waals surface area contributed by atoms with E-state index in [1.54, 1.807) is 31.4 Å². The number of ether oxygens (including phenoxy) is 1. The van der Waals surface area contributed by atoms with Gasteiger partial charge < -0.3 is 9.29 Å². The Morgan fingerprint density at radius 3 is 2.55 bits per heavy atom. The molecule has 0 bridgehead atoms. The highest BCUT2D eigenvalue weighted by molar-refractivity contribution is 7.95. The first-order valence-corrected chi connectivity index (χ1v) is 12.0. The zero-order valence-corrected chi connectivity index (χ0v) is 18.5. The van der Waals surface area contributed by atoms with Crippen LogP contribution in [0, 0.1) is 0 Å². The molecule has 6 heteroatoms. The molecular weight excluding hydrogens is 408 g/mol. The molecule has 0 radical (unpaired) electrons. The van der Waals surface area contributed by atoms with E-state index in [2.05, 4.69) is 40.0 Å². The summed E-state index contributed by atoms with van der Waals surface area (Å²) in [7, 11) is -1.81. The van der Waals surface area contributed by atoms with E-state index in [0.29, 0.717) is 11.4 Å². The number of likely N-dealkylation sites (tertiary alicyclic amines) is 1. The van der Waals surface area contributed by atoms with Crippen molar-refractivity contribution in [3.63, 3.8) is 0 Å². The standard InChI is InChI=1S/C25H28N2O3S/c1-30-24-9-5-7-22(17-24)21-14-12-20(13-15-21)18-27-16-6-8-23(19-27)26-31(28,29)25-10-3-2-4-11-25/h2-5,7,9-15,17,23H,6,8,16,18-19H2,1H3,(H-,26,28,29). The van der Waals surface area contributed by atoms with E-state index in [1.165, 1.54) is 5.56 Å². The molecular formula is C25H28N2O3S. The number of benzene rings is 3. The SMILES string of the molecule is COc1cccc(-c2ccc(CN3CCCC(N[S+](=O)([O-])c4ccccc4)C3)cc2)c1. The minimum Gasteiger partial charge on any atom is -0.593 e. The molecule has 2 atom stereocenters. The molecule has 1 N–H and O–H groups in total.